The van der Waals surface area contributed by atoms with E-state index in [4.69, 9.17) is 22.1 Å². The molecule has 5 heteroatoms. The monoisotopic (exact) mass is 280 g/mol. The van der Waals surface area contributed by atoms with Gasteiger partial charge in [-0.2, -0.15) is 0 Å². The molecule has 1 saturated heterocycles. The van der Waals surface area contributed by atoms with E-state index in [1.807, 2.05) is 24.3 Å². The number of thiocarbonyl (C=S) groups is 1. The molecule has 2 rings (SSSR count). The zero-order chi connectivity index (χ0) is 13.7. The van der Waals surface area contributed by atoms with Crippen LogP contribution < -0.4 is 4.74 Å². The summed E-state index contributed by atoms with van der Waals surface area (Å²) in [6.07, 6.45) is 0. The lowest BCUT2D eigenvalue weighted by molar-refractivity contribution is 0.148. The molecule has 0 amide bonds. The zero-order valence-corrected chi connectivity index (χ0v) is 12.0. The van der Waals surface area contributed by atoms with E-state index in [1.165, 1.54) is 0 Å². The van der Waals surface area contributed by atoms with Crippen molar-refractivity contribution in [2.45, 2.75) is 0 Å². The Morgan fingerprint density at radius 3 is 2.58 bits per heavy atom. The number of para-hydroxylation sites is 1. The Morgan fingerprint density at radius 2 is 1.95 bits per heavy atom. The fraction of sp³-hybridized carbons (Fsp3) is 0.500. The van der Waals surface area contributed by atoms with Gasteiger partial charge in [0.15, 0.2) is 0 Å². The molecule has 1 fully saturated rings. The van der Waals surface area contributed by atoms with Crippen LogP contribution in [0.25, 0.3) is 0 Å². The number of β-amino-alcohol motifs (C(OH)–C–C–N with tert-alkyl or cyclic N) is 1. The first-order valence-electron chi connectivity index (χ1n) is 6.51. The van der Waals surface area contributed by atoms with Gasteiger partial charge in [-0.25, -0.2) is 0 Å². The highest BCUT2D eigenvalue weighted by molar-refractivity contribution is 7.80. The normalized spacial score (nSPS) is 16.4. The summed E-state index contributed by atoms with van der Waals surface area (Å²) in [6.45, 7) is 4.64. The topological polar surface area (TPSA) is 35.9 Å². The average Bonchev–Trinajstić information content (AvgIpc) is 2.47. The van der Waals surface area contributed by atoms with Gasteiger partial charge in [0.25, 0.3) is 0 Å². The van der Waals surface area contributed by atoms with Crippen LogP contribution in [-0.4, -0.2) is 66.3 Å². The Hall–Kier alpha value is -1.17. The van der Waals surface area contributed by atoms with Gasteiger partial charge < -0.3 is 14.7 Å². The van der Waals surface area contributed by atoms with Crippen molar-refractivity contribution >= 4 is 17.2 Å². The molecule has 1 N–H and O–H groups in total. The minimum atomic E-state index is 0.219. The standard InChI is InChI=1S/C14H20N2O2S/c1-18-13-5-3-2-4-12(13)14(19)16-8-6-15(7-9-16)10-11-17/h2-5,17H,6-11H2,1H3. The van der Waals surface area contributed by atoms with Gasteiger partial charge in [0.05, 0.1) is 19.3 Å². The van der Waals surface area contributed by atoms with E-state index in [1.54, 1.807) is 7.11 Å². The third kappa shape index (κ3) is 3.43. The summed E-state index contributed by atoms with van der Waals surface area (Å²) in [6, 6.07) is 7.86. The van der Waals surface area contributed by atoms with Crippen LogP contribution in [0.2, 0.25) is 0 Å². The molecule has 1 aromatic carbocycles. The number of piperazine rings is 1. The molecule has 0 radical (unpaired) electrons. The molecule has 0 unspecified atom stereocenters. The molecule has 0 bridgehead atoms. The predicted octanol–water partition coefficient (Wildman–Crippen LogP) is 0.981. The quantitative estimate of drug-likeness (QED) is 0.832. The maximum atomic E-state index is 8.94. The van der Waals surface area contributed by atoms with Crippen molar-refractivity contribution in [2.75, 3.05) is 46.4 Å². The van der Waals surface area contributed by atoms with Crippen molar-refractivity contribution < 1.29 is 9.84 Å². The van der Waals surface area contributed by atoms with Crippen molar-refractivity contribution in [2.24, 2.45) is 0 Å². The third-order valence-electron chi connectivity index (χ3n) is 3.41. The van der Waals surface area contributed by atoms with Crippen molar-refractivity contribution in [3.63, 3.8) is 0 Å². The molecule has 0 aromatic heterocycles. The first kappa shape index (κ1) is 14.2. The summed E-state index contributed by atoms with van der Waals surface area (Å²) in [5.74, 6) is 0.824. The van der Waals surface area contributed by atoms with Crippen molar-refractivity contribution in [1.82, 2.24) is 9.80 Å². The minimum absolute atomic E-state index is 0.219. The van der Waals surface area contributed by atoms with Crippen LogP contribution in [0.1, 0.15) is 5.56 Å². The number of hydrogen-bond acceptors (Lipinski definition) is 4. The molecule has 0 atom stereocenters. The van der Waals surface area contributed by atoms with Crippen LogP contribution in [0.4, 0.5) is 0 Å². The fourth-order valence-corrected chi connectivity index (χ4v) is 2.66. The molecule has 1 aliphatic rings. The zero-order valence-electron chi connectivity index (χ0n) is 11.2. The molecule has 104 valence electrons. The van der Waals surface area contributed by atoms with Gasteiger partial charge in [0.2, 0.25) is 0 Å². The van der Waals surface area contributed by atoms with E-state index in [2.05, 4.69) is 9.80 Å². The second kappa shape index (κ2) is 6.84. The smallest absolute Gasteiger partial charge is 0.129 e. The van der Waals surface area contributed by atoms with Crippen LogP contribution in [0.5, 0.6) is 5.75 Å². The van der Waals surface area contributed by atoms with Crippen LogP contribution in [-0.2, 0) is 0 Å². The Bertz CT molecular complexity index is 431. The number of methoxy groups -OCH3 is 1. The first-order chi connectivity index (χ1) is 9.26. The minimum Gasteiger partial charge on any atom is -0.496 e. The molecular weight excluding hydrogens is 260 g/mol. The average molecular weight is 280 g/mol. The van der Waals surface area contributed by atoms with Gasteiger partial charge in [-0.05, 0) is 12.1 Å². The molecule has 0 aliphatic carbocycles. The molecule has 19 heavy (non-hydrogen) atoms. The first-order valence-corrected chi connectivity index (χ1v) is 6.92. The Kier molecular flexibility index (Phi) is 5.13. The van der Waals surface area contributed by atoms with Crippen LogP contribution in [0, 0.1) is 0 Å². The number of aliphatic hydroxyl groups is 1. The maximum Gasteiger partial charge on any atom is 0.129 e. The van der Waals surface area contributed by atoms with E-state index in [-0.39, 0.29) is 6.61 Å². The highest BCUT2D eigenvalue weighted by Crippen LogP contribution is 2.20. The van der Waals surface area contributed by atoms with Gasteiger partial charge in [-0.15, -0.1) is 0 Å². The largest absolute Gasteiger partial charge is 0.496 e. The third-order valence-corrected chi connectivity index (χ3v) is 3.89. The van der Waals surface area contributed by atoms with Crippen LogP contribution >= 0.6 is 12.2 Å². The van der Waals surface area contributed by atoms with E-state index < -0.39 is 0 Å². The summed E-state index contributed by atoms with van der Waals surface area (Å²) in [5.41, 5.74) is 0.982. The van der Waals surface area contributed by atoms with Gasteiger partial charge in [-0.3, -0.25) is 4.90 Å². The van der Waals surface area contributed by atoms with Crippen molar-refractivity contribution in [3.8, 4) is 5.75 Å². The van der Waals surface area contributed by atoms with Crippen LogP contribution in [0.15, 0.2) is 24.3 Å². The molecule has 0 saturated carbocycles. The lowest BCUT2D eigenvalue weighted by Gasteiger charge is -2.36. The predicted molar refractivity (Wildman–Crippen MR) is 79.8 cm³/mol. The SMILES string of the molecule is COc1ccccc1C(=S)N1CCN(CCO)CC1. The van der Waals surface area contributed by atoms with E-state index in [0.29, 0.717) is 0 Å². The van der Waals surface area contributed by atoms with E-state index in [0.717, 1.165) is 49.0 Å². The molecule has 1 aliphatic heterocycles. The van der Waals surface area contributed by atoms with Gasteiger partial charge in [0, 0.05) is 32.7 Å². The highest BCUT2D eigenvalue weighted by Gasteiger charge is 2.20. The van der Waals surface area contributed by atoms with Crippen LogP contribution in [0.3, 0.4) is 0 Å². The highest BCUT2D eigenvalue weighted by atomic mass is 32.1. The summed E-state index contributed by atoms with van der Waals surface area (Å²) in [4.78, 5) is 5.31. The number of hydrogen-bond donors (Lipinski definition) is 1. The Labute approximate surface area is 119 Å². The summed E-state index contributed by atoms with van der Waals surface area (Å²) in [5, 5.41) is 8.94. The fourth-order valence-electron chi connectivity index (χ4n) is 2.31. The molecule has 1 heterocycles. The van der Waals surface area contributed by atoms with E-state index >= 15 is 0 Å². The summed E-state index contributed by atoms with van der Waals surface area (Å²) in [7, 11) is 1.67. The summed E-state index contributed by atoms with van der Waals surface area (Å²) < 4.78 is 5.36. The molecule has 1 aromatic rings. The van der Waals surface area contributed by atoms with Gasteiger partial charge in [-0.1, -0.05) is 24.4 Å². The maximum absolute atomic E-state index is 8.94. The number of rotatable bonds is 4. The number of aliphatic hydroxyl groups excluding tert-OH is 1. The second-order valence-corrected chi connectivity index (χ2v) is 4.94. The van der Waals surface area contributed by atoms with E-state index in [9.17, 15) is 0 Å². The second-order valence-electron chi connectivity index (χ2n) is 4.56. The Balaban J connectivity index is 2.01. The van der Waals surface area contributed by atoms with Crippen molar-refractivity contribution in [3.05, 3.63) is 29.8 Å². The van der Waals surface area contributed by atoms with Gasteiger partial charge >= 0.3 is 0 Å². The number of nitrogens with zero attached hydrogens (tertiary/aromatic N) is 2. The number of benzene rings is 1. The lowest BCUT2D eigenvalue weighted by Crippen LogP contribution is -2.49. The molecule has 4 nitrogen and oxygen atoms in total. The molecular formula is C14H20N2O2S. The van der Waals surface area contributed by atoms with Gasteiger partial charge in [0.1, 0.15) is 10.7 Å². The summed E-state index contributed by atoms with van der Waals surface area (Å²) >= 11 is 5.58. The Morgan fingerprint density at radius 1 is 1.26 bits per heavy atom. The molecule has 0 spiro atoms. The number of ether oxygens (including phenoxy) is 1. The lowest BCUT2D eigenvalue weighted by atomic mass is 10.1. The van der Waals surface area contributed by atoms with Crippen molar-refractivity contribution in [1.29, 1.82) is 0 Å².